The minimum Gasteiger partial charge on any atom is -0.548 e. The van der Waals surface area contributed by atoms with E-state index >= 15 is 0 Å². The maximum absolute atomic E-state index is 13.0. The van der Waals surface area contributed by atoms with Gasteiger partial charge in [0.25, 0.3) is 0 Å². The van der Waals surface area contributed by atoms with Crippen molar-refractivity contribution in [2.75, 3.05) is 20.0 Å². The van der Waals surface area contributed by atoms with Crippen LogP contribution in [0.1, 0.15) is 34.5 Å². The van der Waals surface area contributed by atoms with Gasteiger partial charge in [0, 0.05) is 34.9 Å². The highest BCUT2D eigenvalue weighted by Crippen LogP contribution is 2.35. The van der Waals surface area contributed by atoms with Gasteiger partial charge in [-0.2, -0.15) is 11.8 Å². The molecular weight excluding hydrogens is 442 g/mol. The lowest BCUT2D eigenvalue weighted by atomic mass is 10.0. The number of ketones is 1. The third-order valence-corrected chi connectivity index (χ3v) is 6.06. The highest BCUT2D eigenvalue weighted by Gasteiger charge is 2.22. The third kappa shape index (κ3) is 7.18. The van der Waals surface area contributed by atoms with E-state index in [1.165, 1.54) is 32.9 Å². The number of rotatable bonds is 11. The van der Waals surface area contributed by atoms with Crippen molar-refractivity contribution in [3.8, 4) is 11.5 Å². The molecule has 0 aliphatic carbocycles. The molecule has 2 rings (SSSR count). The van der Waals surface area contributed by atoms with Gasteiger partial charge in [-0.25, -0.2) is 0 Å². The van der Waals surface area contributed by atoms with E-state index in [4.69, 9.17) is 21.1 Å². The van der Waals surface area contributed by atoms with Crippen molar-refractivity contribution in [2.45, 2.75) is 24.6 Å². The zero-order chi connectivity index (χ0) is 23.0. The number of nitrogens with one attached hydrogen (secondary N) is 1. The molecule has 0 unspecified atom stereocenters. The second-order valence-corrected chi connectivity index (χ2v) is 8.31. The molecule has 0 fully saturated rings. The van der Waals surface area contributed by atoms with Crippen molar-refractivity contribution in [1.82, 2.24) is 5.32 Å². The Balaban J connectivity index is 2.24. The number of carboxylic acid groups (broad SMARTS) is 1. The molecule has 0 aliphatic heterocycles. The number of Topliss-reactive ketones (excluding diaryl/α,β-unsaturated/α-hetero) is 1. The first kappa shape index (κ1) is 24.6. The van der Waals surface area contributed by atoms with Gasteiger partial charge in [-0.15, -0.1) is 0 Å². The summed E-state index contributed by atoms with van der Waals surface area (Å²) in [5.74, 6) is -1.03. The maximum Gasteiger partial charge on any atom is 0.217 e. The summed E-state index contributed by atoms with van der Waals surface area (Å²) in [4.78, 5) is 35.6. The van der Waals surface area contributed by atoms with Crippen LogP contribution in [-0.4, -0.2) is 43.7 Å². The largest absolute Gasteiger partial charge is 0.548 e. The van der Waals surface area contributed by atoms with E-state index in [2.05, 4.69) is 5.32 Å². The normalized spacial score (nSPS) is 12.5. The molecule has 2 aromatic carbocycles. The summed E-state index contributed by atoms with van der Waals surface area (Å²) in [7, 11) is 3.00. The standard InChI is InChI=1S/C22H24ClNO6S/c1-13(25)24-17(22(27)28)12-31-21(14-4-7-16(23)8-5-14)11-18(26)15-6-9-19(29-2)20(10-15)30-3/h4-10,17,21H,11-12H2,1-3H3,(H,24,25)(H,27,28)/p-1/t17-,21-/m0/s1. The summed E-state index contributed by atoms with van der Waals surface area (Å²) >= 11 is 7.22. The summed E-state index contributed by atoms with van der Waals surface area (Å²) in [5, 5.41) is 13.9. The Morgan fingerprint density at radius 3 is 2.26 bits per heavy atom. The van der Waals surface area contributed by atoms with Gasteiger partial charge in [0.2, 0.25) is 5.91 Å². The Bertz CT molecular complexity index is 934. The van der Waals surface area contributed by atoms with E-state index in [1.807, 2.05) is 0 Å². The Morgan fingerprint density at radius 2 is 1.71 bits per heavy atom. The molecule has 0 spiro atoms. The van der Waals surface area contributed by atoms with E-state index in [9.17, 15) is 19.5 Å². The van der Waals surface area contributed by atoms with Crippen LogP contribution in [0.25, 0.3) is 0 Å². The molecule has 0 bridgehead atoms. The summed E-state index contributed by atoms with van der Waals surface area (Å²) < 4.78 is 10.5. The number of carbonyl (C=O) groups excluding carboxylic acids is 3. The van der Waals surface area contributed by atoms with Crippen LogP contribution < -0.4 is 19.9 Å². The van der Waals surface area contributed by atoms with Crippen LogP contribution in [0.3, 0.4) is 0 Å². The van der Waals surface area contributed by atoms with Crippen molar-refractivity contribution in [3.63, 3.8) is 0 Å². The van der Waals surface area contributed by atoms with Gasteiger partial charge >= 0.3 is 0 Å². The lowest BCUT2D eigenvalue weighted by molar-refractivity contribution is -0.307. The van der Waals surface area contributed by atoms with E-state index in [-0.39, 0.29) is 23.2 Å². The summed E-state index contributed by atoms with van der Waals surface area (Å²) in [5.41, 5.74) is 1.25. The first-order valence-electron chi connectivity index (χ1n) is 9.35. The van der Waals surface area contributed by atoms with Crippen molar-refractivity contribution in [2.24, 2.45) is 0 Å². The Kier molecular flexibility index (Phi) is 9.21. The number of halogens is 1. The topological polar surface area (TPSA) is 105 Å². The van der Waals surface area contributed by atoms with Crippen LogP contribution in [0.15, 0.2) is 42.5 Å². The summed E-state index contributed by atoms with van der Waals surface area (Å²) in [6.45, 7) is 1.23. The van der Waals surface area contributed by atoms with Gasteiger partial charge in [-0.1, -0.05) is 23.7 Å². The number of carboxylic acids is 1. The molecule has 0 saturated carbocycles. The van der Waals surface area contributed by atoms with Crippen molar-refractivity contribution in [1.29, 1.82) is 0 Å². The number of benzene rings is 2. The number of hydrogen-bond donors (Lipinski definition) is 1. The zero-order valence-electron chi connectivity index (χ0n) is 17.3. The maximum atomic E-state index is 13.0. The molecule has 2 aromatic rings. The smallest absolute Gasteiger partial charge is 0.217 e. The molecule has 0 saturated heterocycles. The van der Waals surface area contributed by atoms with Gasteiger partial charge in [0.15, 0.2) is 17.3 Å². The van der Waals surface area contributed by atoms with Crippen molar-refractivity contribution in [3.05, 3.63) is 58.6 Å². The van der Waals surface area contributed by atoms with Crippen LogP contribution in [0, 0.1) is 0 Å². The van der Waals surface area contributed by atoms with E-state index in [1.54, 1.807) is 42.5 Å². The van der Waals surface area contributed by atoms with Crippen LogP contribution in [0.2, 0.25) is 5.02 Å². The number of thioether (sulfide) groups is 1. The second-order valence-electron chi connectivity index (χ2n) is 6.64. The average molecular weight is 465 g/mol. The molecule has 31 heavy (non-hydrogen) atoms. The third-order valence-electron chi connectivity index (χ3n) is 4.44. The number of hydrogen-bond acceptors (Lipinski definition) is 7. The second kappa shape index (κ2) is 11.6. The minimum atomic E-state index is -1.39. The fourth-order valence-corrected chi connectivity index (χ4v) is 4.26. The van der Waals surface area contributed by atoms with Gasteiger partial charge in [0.05, 0.1) is 26.2 Å². The first-order chi connectivity index (χ1) is 14.7. The van der Waals surface area contributed by atoms with Gasteiger partial charge in [-0.05, 0) is 35.9 Å². The molecule has 0 aliphatic rings. The van der Waals surface area contributed by atoms with Gasteiger partial charge in [-0.3, -0.25) is 9.59 Å². The molecular formula is C22H23ClNO6S-. The highest BCUT2D eigenvalue weighted by atomic mass is 35.5. The van der Waals surface area contributed by atoms with E-state index in [0.717, 1.165) is 5.56 Å². The number of carbonyl (C=O) groups is 3. The number of ether oxygens (including phenoxy) is 2. The molecule has 166 valence electrons. The zero-order valence-corrected chi connectivity index (χ0v) is 18.9. The SMILES string of the molecule is COc1ccc(C(=O)C[C@H](SC[C@H](NC(C)=O)C(=O)[O-])c2ccc(Cl)cc2)cc1OC. The Morgan fingerprint density at radius 1 is 1.06 bits per heavy atom. The lowest BCUT2D eigenvalue weighted by Gasteiger charge is -2.22. The molecule has 0 heterocycles. The molecule has 0 radical (unpaired) electrons. The quantitative estimate of drug-likeness (QED) is 0.509. The van der Waals surface area contributed by atoms with E-state index in [0.29, 0.717) is 22.1 Å². The minimum absolute atomic E-state index is 0.0361. The number of amides is 1. The lowest BCUT2D eigenvalue weighted by Crippen LogP contribution is -2.48. The molecule has 7 nitrogen and oxygen atoms in total. The van der Waals surface area contributed by atoms with Crippen LogP contribution in [0.4, 0.5) is 0 Å². The van der Waals surface area contributed by atoms with Crippen molar-refractivity contribution < 1.29 is 29.0 Å². The number of methoxy groups -OCH3 is 2. The average Bonchev–Trinajstić information content (AvgIpc) is 2.75. The Hall–Kier alpha value is -2.71. The molecule has 1 N–H and O–H groups in total. The summed E-state index contributed by atoms with van der Waals surface area (Å²) in [6.07, 6.45) is 0.0988. The molecule has 9 heteroatoms. The van der Waals surface area contributed by atoms with Crippen LogP contribution in [0.5, 0.6) is 11.5 Å². The molecule has 0 aromatic heterocycles. The Labute approximate surface area is 190 Å². The summed E-state index contributed by atoms with van der Waals surface area (Å²) in [6, 6.07) is 10.7. The first-order valence-corrected chi connectivity index (χ1v) is 10.8. The van der Waals surface area contributed by atoms with E-state index < -0.39 is 17.9 Å². The van der Waals surface area contributed by atoms with Gasteiger partial charge < -0.3 is 24.7 Å². The molecule has 1 amide bonds. The highest BCUT2D eigenvalue weighted by molar-refractivity contribution is 7.99. The van der Waals surface area contributed by atoms with Gasteiger partial charge in [0.1, 0.15) is 0 Å². The van der Waals surface area contributed by atoms with Crippen LogP contribution in [-0.2, 0) is 9.59 Å². The fourth-order valence-electron chi connectivity index (χ4n) is 2.87. The molecule has 2 atom stereocenters. The van der Waals surface area contributed by atoms with Crippen LogP contribution >= 0.6 is 23.4 Å². The number of aliphatic carboxylic acids is 1. The predicted molar refractivity (Wildman–Crippen MR) is 118 cm³/mol. The monoisotopic (exact) mass is 464 g/mol. The van der Waals surface area contributed by atoms with Crippen molar-refractivity contribution >= 4 is 41.0 Å². The predicted octanol–water partition coefficient (Wildman–Crippen LogP) is 2.66. The fraction of sp³-hybridized carbons (Fsp3) is 0.318.